The minimum atomic E-state index is 0.530. The monoisotopic (exact) mass is 259 g/mol. The molecule has 1 saturated carbocycles. The Labute approximate surface area is 118 Å². The van der Waals surface area contributed by atoms with E-state index in [-0.39, 0.29) is 0 Å². The SMILES string of the molecule is CCCc1ccc(NC2CCC(C)(C)CC2C)cc1. The maximum atomic E-state index is 3.74. The van der Waals surface area contributed by atoms with Crippen molar-refractivity contribution in [2.24, 2.45) is 11.3 Å². The minimum absolute atomic E-state index is 0.530. The molecule has 0 radical (unpaired) electrons. The molecular weight excluding hydrogens is 230 g/mol. The fourth-order valence-electron chi connectivity index (χ4n) is 3.43. The van der Waals surface area contributed by atoms with Gasteiger partial charge >= 0.3 is 0 Å². The van der Waals surface area contributed by atoms with Crippen molar-refractivity contribution in [3.8, 4) is 0 Å². The van der Waals surface area contributed by atoms with Crippen molar-refractivity contribution in [1.82, 2.24) is 0 Å². The Balaban J connectivity index is 1.94. The van der Waals surface area contributed by atoms with E-state index < -0.39 is 0 Å². The van der Waals surface area contributed by atoms with Crippen LogP contribution in [0.1, 0.15) is 58.9 Å². The Hall–Kier alpha value is -0.980. The van der Waals surface area contributed by atoms with Crippen LogP contribution < -0.4 is 5.32 Å². The summed E-state index contributed by atoms with van der Waals surface area (Å²) in [7, 11) is 0. The molecule has 0 aromatic heterocycles. The molecule has 1 nitrogen and oxygen atoms in total. The smallest absolute Gasteiger partial charge is 0.0342 e. The molecule has 106 valence electrons. The predicted octanol–water partition coefficient (Wildman–Crippen LogP) is 5.27. The highest BCUT2D eigenvalue weighted by Crippen LogP contribution is 2.39. The van der Waals surface area contributed by atoms with Crippen molar-refractivity contribution in [3.05, 3.63) is 29.8 Å². The minimum Gasteiger partial charge on any atom is -0.382 e. The van der Waals surface area contributed by atoms with E-state index in [1.165, 1.54) is 43.4 Å². The van der Waals surface area contributed by atoms with Crippen LogP contribution in [0.15, 0.2) is 24.3 Å². The Morgan fingerprint density at radius 3 is 2.47 bits per heavy atom. The maximum absolute atomic E-state index is 3.74. The van der Waals surface area contributed by atoms with Crippen LogP contribution in [0, 0.1) is 11.3 Å². The average Bonchev–Trinajstić information content (AvgIpc) is 2.35. The van der Waals surface area contributed by atoms with E-state index in [2.05, 4.69) is 57.3 Å². The largest absolute Gasteiger partial charge is 0.382 e. The molecule has 1 N–H and O–H groups in total. The molecule has 0 saturated heterocycles. The second-order valence-electron chi connectivity index (χ2n) is 7.08. The molecule has 1 aliphatic carbocycles. The molecule has 0 bridgehead atoms. The third-order valence-electron chi connectivity index (χ3n) is 4.54. The number of hydrogen-bond acceptors (Lipinski definition) is 1. The van der Waals surface area contributed by atoms with Gasteiger partial charge in [0.25, 0.3) is 0 Å². The van der Waals surface area contributed by atoms with Crippen LogP contribution in [-0.2, 0) is 6.42 Å². The lowest BCUT2D eigenvalue weighted by Crippen LogP contribution is -2.36. The van der Waals surface area contributed by atoms with E-state index in [4.69, 9.17) is 0 Å². The second kappa shape index (κ2) is 5.98. The van der Waals surface area contributed by atoms with Gasteiger partial charge in [-0.25, -0.2) is 0 Å². The lowest BCUT2D eigenvalue weighted by Gasteiger charge is -2.40. The first-order valence-electron chi connectivity index (χ1n) is 7.85. The topological polar surface area (TPSA) is 12.0 Å². The highest BCUT2D eigenvalue weighted by atomic mass is 14.9. The summed E-state index contributed by atoms with van der Waals surface area (Å²) < 4.78 is 0. The first-order chi connectivity index (χ1) is 9.00. The molecule has 2 rings (SSSR count). The lowest BCUT2D eigenvalue weighted by atomic mass is 9.70. The number of rotatable bonds is 4. The van der Waals surface area contributed by atoms with Gasteiger partial charge in [0.15, 0.2) is 0 Å². The van der Waals surface area contributed by atoms with E-state index in [1.807, 2.05) is 0 Å². The van der Waals surface area contributed by atoms with Crippen molar-refractivity contribution >= 4 is 5.69 Å². The molecule has 19 heavy (non-hydrogen) atoms. The molecule has 1 aromatic rings. The summed E-state index contributed by atoms with van der Waals surface area (Å²) in [5, 5.41) is 3.74. The van der Waals surface area contributed by atoms with Crippen molar-refractivity contribution in [2.75, 3.05) is 5.32 Å². The quantitative estimate of drug-likeness (QED) is 0.777. The molecule has 2 atom stereocenters. The number of aryl methyl sites for hydroxylation is 1. The zero-order valence-electron chi connectivity index (χ0n) is 13.0. The molecular formula is C18H29N. The van der Waals surface area contributed by atoms with Crippen molar-refractivity contribution in [3.63, 3.8) is 0 Å². The Bertz CT molecular complexity index is 391. The third kappa shape index (κ3) is 3.99. The van der Waals surface area contributed by atoms with Crippen LogP contribution in [-0.4, -0.2) is 6.04 Å². The van der Waals surface area contributed by atoms with E-state index in [0.29, 0.717) is 11.5 Å². The summed E-state index contributed by atoms with van der Waals surface area (Å²) >= 11 is 0. The van der Waals surface area contributed by atoms with Gasteiger partial charge in [-0.1, -0.05) is 46.2 Å². The van der Waals surface area contributed by atoms with Crippen molar-refractivity contribution in [1.29, 1.82) is 0 Å². The summed E-state index contributed by atoms with van der Waals surface area (Å²) in [6, 6.07) is 9.67. The fraction of sp³-hybridized carbons (Fsp3) is 0.667. The van der Waals surface area contributed by atoms with Gasteiger partial charge in [-0.3, -0.25) is 0 Å². The molecule has 0 aliphatic heterocycles. The summed E-state index contributed by atoms with van der Waals surface area (Å²) in [6.45, 7) is 9.43. The van der Waals surface area contributed by atoms with Crippen LogP contribution in [0.25, 0.3) is 0 Å². The Kier molecular flexibility index (Phi) is 4.54. The summed E-state index contributed by atoms with van der Waals surface area (Å²) in [6.07, 6.45) is 6.38. The summed E-state index contributed by atoms with van der Waals surface area (Å²) in [4.78, 5) is 0. The average molecular weight is 259 g/mol. The van der Waals surface area contributed by atoms with Gasteiger partial charge in [0.05, 0.1) is 0 Å². The Morgan fingerprint density at radius 1 is 1.21 bits per heavy atom. The fourth-order valence-corrected chi connectivity index (χ4v) is 3.43. The zero-order valence-corrected chi connectivity index (χ0v) is 13.0. The predicted molar refractivity (Wildman–Crippen MR) is 84.6 cm³/mol. The van der Waals surface area contributed by atoms with E-state index >= 15 is 0 Å². The zero-order chi connectivity index (χ0) is 13.9. The van der Waals surface area contributed by atoms with Crippen LogP contribution >= 0.6 is 0 Å². The van der Waals surface area contributed by atoms with Gasteiger partial charge < -0.3 is 5.32 Å². The van der Waals surface area contributed by atoms with E-state index in [9.17, 15) is 0 Å². The first-order valence-corrected chi connectivity index (χ1v) is 7.85. The van der Waals surface area contributed by atoms with Gasteiger partial charge in [0, 0.05) is 11.7 Å². The number of anilines is 1. The Morgan fingerprint density at radius 2 is 1.89 bits per heavy atom. The third-order valence-corrected chi connectivity index (χ3v) is 4.54. The van der Waals surface area contributed by atoms with Gasteiger partial charge in [-0.2, -0.15) is 0 Å². The van der Waals surface area contributed by atoms with Gasteiger partial charge in [0.2, 0.25) is 0 Å². The highest BCUT2D eigenvalue weighted by Gasteiger charge is 2.32. The van der Waals surface area contributed by atoms with Crippen LogP contribution in [0.4, 0.5) is 5.69 Å². The molecule has 1 heteroatoms. The highest BCUT2D eigenvalue weighted by molar-refractivity contribution is 5.45. The molecule has 0 spiro atoms. The normalized spacial score (nSPS) is 26.1. The van der Waals surface area contributed by atoms with Crippen LogP contribution in [0.3, 0.4) is 0 Å². The number of benzene rings is 1. The standard InChI is InChI=1S/C18H29N/c1-5-6-15-7-9-16(10-8-15)19-17-11-12-18(3,4)13-14(17)2/h7-10,14,17,19H,5-6,11-13H2,1-4H3. The first kappa shape index (κ1) is 14.4. The van der Waals surface area contributed by atoms with Gasteiger partial charge in [-0.15, -0.1) is 0 Å². The van der Waals surface area contributed by atoms with E-state index in [0.717, 1.165) is 5.92 Å². The number of nitrogens with one attached hydrogen (secondary N) is 1. The van der Waals surface area contributed by atoms with Crippen molar-refractivity contribution in [2.45, 2.75) is 65.8 Å². The van der Waals surface area contributed by atoms with Crippen molar-refractivity contribution < 1.29 is 0 Å². The molecule has 0 heterocycles. The summed E-state index contributed by atoms with van der Waals surface area (Å²) in [5.74, 6) is 0.763. The lowest BCUT2D eigenvalue weighted by molar-refractivity contribution is 0.177. The number of hydrogen-bond donors (Lipinski definition) is 1. The van der Waals surface area contributed by atoms with Gasteiger partial charge in [-0.05, 0) is 54.7 Å². The molecule has 1 aliphatic rings. The molecule has 1 aromatic carbocycles. The van der Waals surface area contributed by atoms with Crippen LogP contribution in [0.5, 0.6) is 0 Å². The van der Waals surface area contributed by atoms with Crippen LogP contribution in [0.2, 0.25) is 0 Å². The molecule has 1 fully saturated rings. The second-order valence-corrected chi connectivity index (χ2v) is 7.08. The van der Waals surface area contributed by atoms with E-state index in [1.54, 1.807) is 0 Å². The molecule has 0 amide bonds. The summed E-state index contributed by atoms with van der Waals surface area (Å²) in [5.41, 5.74) is 3.27. The maximum Gasteiger partial charge on any atom is 0.0342 e. The van der Waals surface area contributed by atoms with Gasteiger partial charge in [0.1, 0.15) is 0 Å². The molecule has 2 unspecified atom stereocenters.